The zero-order chi connectivity index (χ0) is 19.9. The Labute approximate surface area is 160 Å². The van der Waals surface area contributed by atoms with E-state index >= 15 is 0 Å². The van der Waals surface area contributed by atoms with Crippen LogP contribution in [0.15, 0.2) is 48.8 Å². The van der Waals surface area contributed by atoms with E-state index in [1.54, 1.807) is 50.5 Å². The molecule has 10 heteroatoms. The van der Waals surface area contributed by atoms with Gasteiger partial charge in [0.05, 0.1) is 23.5 Å². The molecule has 2 atom stereocenters. The molecule has 0 aliphatic rings. The van der Waals surface area contributed by atoms with Gasteiger partial charge >= 0.3 is 0 Å². The van der Waals surface area contributed by atoms with Gasteiger partial charge in [0.1, 0.15) is 0 Å². The van der Waals surface area contributed by atoms with Crippen molar-refractivity contribution < 1.29 is 9.59 Å². The molecule has 3 aromatic rings. The number of aromatic nitrogens is 6. The number of carbonyl (C=O) groups is 2. The van der Waals surface area contributed by atoms with Gasteiger partial charge in [0.15, 0.2) is 0 Å². The van der Waals surface area contributed by atoms with Crippen molar-refractivity contribution in [3.8, 4) is 0 Å². The molecule has 2 N–H and O–H groups in total. The standard InChI is InChI=1S/C18H18N8O2/c1-11(13-7-3-5-9-19-13)21-17(27)15-23-25-16(26-24-15)18(28)22-12(2)14-8-4-6-10-20-14/h3-12H,1-2H3,(H,21,27)(H,22,28). The van der Waals surface area contributed by atoms with Crippen molar-refractivity contribution in [2.24, 2.45) is 0 Å². The van der Waals surface area contributed by atoms with Crippen LogP contribution in [0.4, 0.5) is 0 Å². The molecule has 3 rings (SSSR count). The lowest BCUT2D eigenvalue weighted by atomic mass is 10.2. The van der Waals surface area contributed by atoms with Crippen molar-refractivity contribution in [1.29, 1.82) is 0 Å². The molecule has 2 amide bonds. The second-order valence-electron chi connectivity index (χ2n) is 5.95. The molecule has 0 saturated heterocycles. The lowest BCUT2D eigenvalue weighted by Crippen LogP contribution is -2.32. The number of rotatable bonds is 6. The van der Waals surface area contributed by atoms with Crippen LogP contribution in [0, 0.1) is 0 Å². The molecule has 3 heterocycles. The Kier molecular flexibility index (Phi) is 5.90. The molecule has 0 radical (unpaired) electrons. The third kappa shape index (κ3) is 4.67. The molecule has 28 heavy (non-hydrogen) atoms. The molecular weight excluding hydrogens is 360 g/mol. The molecule has 0 fully saturated rings. The van der Waals surface area contributed by atoms with Crippen molar-refractivity contribution in [2.45, 2.75) is 25.9 Å². The van der Waals surface area contributed by atoms with Crippen molar-refractivity contribution in [2.75, 3.05) is 0 Å². The fourth-order valence-corrected chi connectivity index (χ4v) is 2.35. The van der Waals surface area contributed by atoms with E-state index in [9.17, 15) is 9.59 Å². The number of nitrogens with zero attached hydrogens (tertiary/aromatic N) is 6. The summed E-state index contributed by atoms with van der Waals surface area (Å²) in [7, 11) is 0. The van der Waals surface area contributed by atoms with Crippen molar-refractivity contribution >= 4 is 11.8 Å². The van der Waals surface area contributed by atoms with Crippen LogP contribution in [0.1, 0.15) is 58.6 Å². The smallest absolute Gasteiger partial charge is 0.293 e. The summed E-state index contributed by atoms with van der Waals surface area (Å²) < 4.78 is 0. The van der Waals surface area contributed by atoms with Crippen LogP contribution >= 0.6 is 0 Å². The van der Waals surface area contributed by atoms with Crippen LogP contribution < -0.4 is 10.6 Å². The van der Waals surface area contributed by atoms with Gasteiger partial charge in [-0.15, -0.1) is 20.4 Å². The monoisotopic (exact) mass is 378 g/mol. The molecular formula is C18H18N8O2. The van der Waals surface area contributed by atoms with E-state index in [1.165, 1.54) is 0 Å². The lowest BCUT2D eigenvalue weighted by molar-refractivity contribution is 0.0905. The first-order chi connectivity index (χ1) is 13.5. The van der Waals surface area contributed by atoms with Crippen LogP contribution in [0.25, 0.3) is 0 Å². The largest absolute Gasteiger partial charge is 0.341 e. The van der Waals surface area contributed by atoms with E-state index in [2.05, 4.69) is 41.0 Å². The lowest BCUT2D eigenvalue weighted by Gasteiger charge is -2.12. The zero-order valence-corrected chi connectivity index (χ0v) is 15.3. The van der Waals surface area contributed by atoms with E-state index in [-0.39, 0.29) is 23.7 Å². The van der Waals surface area contributed by atoms with Gasteiger partial charge < -0.3 is 10.6 Å². The Morgan fingerprint density at radius 2 is 1.11 bits per heavy atom. The van der Waals surface area contributed by atoms with Crippen LogP contribution in [-0.4, -0.2) is 42.2 Å². The Bertz CT molecular complexity index is 856. The number of carbonyl (C=O) groups excluding carboxylic acids is 2. The fraction of sp³-hybridized carbons (Fsp3) is 0.222. The van der Waals surface area contributed by atoms with Crippen molar-refractivity contribution in [1.82, 2.24) is 41.0 Å². The van der Waals surface area contributed by atoms with Gasteiger partial charge in [0.25, 0.3) is 23.5 Å². The highest BCUT2D eigenvalue weighted by atomic mass is 16.2. The van der Waals surface area contributed by atoms with Crippen molar-refractivity contribution in [3.63, 3.8) is 0 Å². The molecule has 2 unspecified atom stereocenters. The molecule has 0 aliphatic heterocycles. The van der Waals surface area contributed by atoms with E-state index in [0.29, 0.717) is 11.4 Å². The SMILES string of the molecule is CC(NC(=O)c1nnc(C(=O)NC(C)c2ccccn2)nn1)c1ccccn1. The maximum atomic E-state index is 12.2. The Morgan fingerprint density at radius 1 is 0.714 bits per heavy atom. The summed E-state index contributed by atoms with van der Waals surface area (Å²) >= 11 is 0. The third-order valence-corrected chi connectivity index (χ3v) is 3.84. The second-order valence-corrected chi connectivity index (χ2v) is 5.95. The van der Waals surface area contributed by atoms with Crippen molar-refractivity contribution in [3.05, 3.63) is 71.8 Å². The predicted molar refractivity (Wildman–Crippen MR) is 97.9 cm³/mol. The summed E-state index contributed by atoms with van der Waals surface area (Å²) in [5, 5.41) is 20.2. The van der Waals surface area contributed by atoms with E-state index in [0.717, 1.165) is 0 Å². The topological polar surface area (TPSA) is 136 Å². The molecule has 0 aliphatic carbocycles. The van der Waals surface area contributed by atoms with E-state index < -0.39 is 11.8 Å². The van der Waals surface area contributed by atoms with E-state index in [1.807, 2.05) is 12.1 Å². The highest BCUT2D eigenvalue weighted by Gasteiger charge is 2.19. The Hall–Kier alpha value is -3.82. The summed E-state index contributed by atoms with van der Waals surface area (Å²) in [5.41, 5.74) is 1.38. The molecule has 10 nitrogen and oxygen atoms in total. The molecule has 0 saturated carbocycles. The summed E-state index contributed by atoms with van der Waals surface area (Å²) in [5.74, 6) is -1.60. The van der Waals surface area contributed by atoms with Gasteiger partial charge in [0, 0.05) is 12.4 Å². The molecule has 0 aromatic carbocycles. The first-order valence-electron chi connectivity index (χ1n) is 8.55. The number of hydrogen-bond acceptors (Lipinski definition) is 8. The Balaban J connectivity index is 1.61. The Morgan fingerprint density at radius 3 is 1.43 bits per heavy atom. The van der Waals surface area contributed by atoms with Crippen LogP contribution in [0.2, 0.25) is 0 Å². The second kappa shape index (κ2) is 8.71. The summed E-state index contributed by atoms with van der Waals surface area (Å²) in [6.07, 6.45) is 3.27. The highest BCUT2D eigenvalue weighted by Crippen LogP contribution is 2.09. The minimum atomic E-state index is -0.563. The van der Waals surface area contributed by atoms with Gasteiger partial charge in [-0.1, -0.05) is 12.1 Å². The number of hydrogen-bond donors (Lipinski definition) is 2. The molecule has 0 bridgehead atoms. The summed E-state index contributed by atoms with van der Waals surface area (Å²) in [6, 6.07) is 10.1. The predicted octanol–water partition coefficient (Wildman–Crippen LogP) is 1.04. The average molecular weight is 378 g/mol. The highest BCUT2D eigenvalue weighted by molar-refractivity contribution is 5.92. The average Bonchev–Trinajstić information content (AvgIpc) is 2.75. The first-order valence-corrected chi connectivity index (χ1v) is 8.55. The fourth-order valence-electron chi connectivity index (χ4n) is 2.35. The summed E-state index contributed by atoms with van der Waals surface area (Å²) in [4.78, 5) is 32.8. The van der Waals surface area contributed by atoms with Crippen LogP contribution in [-0.2, 0) is 0 Å². The molecule has 0 spiro atoms. The first kappa shape index (κ1) is 19.0. The zero-order valence-electron chi connectivity index (χ0n) is 15.3. The van der Waals surface area contributed by atoms with E-state index in [4.69, 9.17) is 0 Å². The van der Waals surface area contributed by atoms with Crippen LogP contribution in [0.3, 0.4) is 0 Å². The van der Waals surface area contributed by atoms with Gasteiger partial charge in [-0.2, -0.15) is 0 Å². The van der Waals surface area contributed by atoms with Gasteiger partial charge in [-0.25, -0.2) is 0 Å². The molecule has 142 valence electrons. The quantitative estimate of drug-likeness (QED) is 0.649. The number of nitrogens with one attached hydrogen (secondary N) is 2. The van der Waals surface area contributed by atoms with Gasteiger partial charge in [-0.05, 0) is 38.1 Å². The number of amides is 2. The minimum Gasteiger partial charge on any atom is -0.341 e. The third-order valence-electron chi connectivity index (χ3n) is 3.84. The molecule has 3 aromatic heterocycles. The maximum Gasteiger partial charge on any atom is 0.293 e. The van der Waals surface area contributed by atoms with Crippen LogP contribution in [0.5, 0.6) is 0 Å². The number of pyridine rings is 2. The van der Waals surface area contributed by atoms with Gasteiger partial charge in [-0.3, -0.25) is 19.6 Å². The van der Waals surface area contributed by atoms with Gasteiger partial charge in [0.2, 0.25) is 0 Å². The normalized spacial score (nSPS) is 12.6. The maximum absolute atomic E-state index is 12.2. The summed E-state index contributed by atoms with van der Waals surface area (Å²) in [6.45, 7) is 3.56. The minimum absolute atomic E-state index is 0.239.